The van der Waals surface area contributed by atoms with E-state index in [2.05, 4.69) is 29.0 Å². The number of piperidine rings is 1. The molecule has 17 heavy (non-hydrogen) atoms. The highest BCUT2D eigenvalue weighted by Gasteiger charge is 2.23. The summed E-state index contributed by atoms with van der Waals surface area (Å²) in [5.41, 5.74) is 0. The molecule has 0 bridgehead atoms. The van der Waals surface area contributed by atoms with Gasteiger partial charge in [-0.3, -0.25) is 4.90 Å². The standard InChI is InChI=1S/C14H29N3/c1-13(2)17-10-6-14(12-17)15-7-11-16-8-4-3-5-9-16/h13-15H,3-12H2,1-2H3. The van der Waals surface area contributed by atoms with Crippen molar-refractivity contribution in [3.05, 3.63) is 0 Å². The van der Waals surface area contributed by atoms with Gasteiger partial charge >= 0.3 is 0 Å². The second kappa shape index (κ2) is 6.72. The molecule has 0 spiro atoms. The molecule has 0 aromatic rings. The summed E-state index contributed by atoms with van der Waals surface area (Å²) in [6, 6.07) is 1.45. The smallest absolute Gasteiger partial charge is 0.0207 e. The fourth-order valence-electron chi connectivity index (χ4n) is 3.03. The number of hydrogen-bond acceptors (Lipinski definition) is 3. The summed E-state index contributed by atoms with van der Waals surface area (Å²) in [7, 11) is 0. The Morgan fingerprint density at radius 2 is 1.88 bits per heavy atom. The van der Waals surface area contributed by atoms with Crippen molar-refractivity contribution in [2.24, 2.45) is 0 Å². The quantitative estimate of drug-likeness (QED) is 0.785. The van der Waals surface area contributed by atoms with Gasteiger partial charge in [0.25, 0.3) is 0 Å². The molecule has 2 aliphatic rings. The van der Waals surface area contributed by atoms with E-state index in [1.54, 1.807) is 0 Å². The Bertz CT molecular complexity index is 212. The minimum absolute atomic E-state index is 0.712. The predicted octanol–water partition coefficient (Wildman–Crippen LogP) is 1.54. The molecular formula is C14H29N3. The van der Waals surface area contributed by atoms with Gasteiger partial charge in [0, 0.05) is 31.7 Å². The van der Waals surface area contributed by atoms with Gasteiger partial charge in [-0.05, 0) is 52.7 Å². The van der Waals surface area contributed by atoms with E-state index in [1.807, 2.05) is 0 Å². The largest absolute Gasteiger partial charge is 0.311 e. The first-order valence-corrected chi connectivity index (χ1v) is 7.45. The lowest BCUT2D eigenvalue weighted by molar-refractivity contribution is 0.224. The van der Waals surface area contributed by atoms with Crippen LogP contribution in [0.4, 0.5) is 0 Å². The van der Waals surface area contributed by atoms with Crippen LogP contribution in [0.25, 0.3) is 0 Å². The van der Waals surface area contributed by atoms with E-state index in [4.69, 9.17) is 0 Å². The lowest BCUT2D eigenvalue weighted by Gasteiger charge is -2.27. The zero-order valence-electron chi connectivity index (χ0n) is 11.6. The van der Waals surface area contributed by atoms with Gasteiger partial charge in [-0.2, -0.15) is 0 Å². The maximum atomic E-state index is 3.73. The molecular weight excluding hydrogens is 210 g/mol. The Labute approximate surface area is 107 Å². The molecule has 1 N–H and O–H groups in total. The monoisotopic (exact) mass is 239 g/mol. The van der Waals surface area contributed by atoms with Crippen molar-refractivity contribution in [2.75, 3.05) is 39.3 Å². The Balaban J connectivity index is 1.56. The second-order valence-corrected chi connectivity index (χ2v) is 5.93. The molecule has 0 aliphatic carbocycles. The molecule has 0 saturated carbocycles. The van der Waals surface area contributed by atoms with E-state index in [-0.39, 0.29) is 0 Å². The molecule has 0 radical (unpaired) electrons. The van der Waals surface area contributed by atoms with Crippen molar-refractivity contribution in [3.63, 3.8) is 0 Å². The van der Waals surface area contributed by atoms with Crippen molar-refractivity contribution in [1.29, 1.82) is 0 Å². The van der Waals surface area contributed by atoms with Crippen LogP contribution in [-0.2, 0) is 0 Å². The van der Waals surface area contributed by atoms with E-state index < -0.39 is 0 Å². The molecule has 2 rings (SSSR count). The van der Waals surface area contributed by atoms with Crippen LogP contribution in [0.2, 0.25) is 0 Å². The first-order chi connectivity index (χ1) is 8.25. The number of rotatable bonds is 5. The van der Waals surface area contributed by atoms with Crippen LogP contribution in [0.15, 0.2) is 0 Å². The molecule has 2 aliphatic heterocycles. The summed E-state index contributed by atoms with van der Waals surface area (Å²) >= 11 is 0. The van der Waals surface area contributed by atoms with Gasteiger partial charge in [0.2, 0.25) is 0 Å². The zero-order chi connectivity index (χ0) is 12.1. The summed E-state index contributed by atoms with van der Waals surface area (Å²) in [4.78, 5) is 5.20. The van der Waals surface area contributed by atoms with Crippen molar-refractivity contribution in [2.45, 2.75) is 51.6 Å². The third-order valence-corrected chi connectivity index (χ3v) is 4.26. The average Bonchev–Trinajstić information content (AvgIpc) is 2.79. The van der Waals surface area contributed by atoms with Crippen LogP contribution >= 0.6 is 0 Å². The van der Waals surface area contributed by atoms with Crippen LogP contribution in [0.1, 0.15) is 39.5 Å². The van der Waals surface area contributed by atoms with Crippen LogP contribution in [-0.4, -0.2) is 61.2 Å². The van der Waals surface area contributed by atoms with E-state index in [0.717, 1.165) is 6.04 Å². The maximum absolute atomic E-state index is 3.73. The van der Waals surface area contributed by atoms with Crippen molar-refractivity contribution in [1.82, 2.24) is 15.1 Å². The fraction of sp³-hybridized carbons (Fsp3) is 1.00. The molecule has 3 nitrogen and oxygen atoms in total. The van der Waals surface area contributed by atoms with Gasteiger partial charge in [0.15, 0.2) is 0 Å². The summed E-state index contributed by atoms with van der Waals surface area (Å²) < 4.78 is 0. The van der Waals surface area contributed by atoms with Gasteiger partial charge in [-0.1, -0.05) is 6.42 Å². The minimum Gasteiger partial charge on any atom is -0.311 e. The SMILES string of the molecule is CC(C)N1CCC(NCCN2CCCCC2)C1. The predicted molar refractivity (Wildman–Crippen MR) is 73.4 cm³/mol. The van der Waals surface area contributed by atoms with Crippen molar-refractivity contribution < 1.29 is 0 Å². The molecule has 1 unspecified atom stereocenters. The lowest BCUT2D eigenvalue weighted by atomic mass is 10.1. The summed E-state index contributed by atoms with van der Waals surface area (Å²) in [6.07, 6.45) is 5.59. The van der Waals surface area contributed by atoms with Gasteiger partial charge in [0.05, 0.1) is 0 Å². The van der Waals surface area contributed by atoms with E-state index in [0.29, 0.717) is 6.04 Å². The summed E-state index contributed by atoms with van der Waals surface area (Å²) in [6.45, 7) is 12.2. The van der Waals surface area contributed by atoms with E-state index in [9.17, 15) is 0 Å². The van der Waals surface area contributed by atoms with Crippen LogP contribution in [0.5, 0.6) is 0 Å². The first kappa shape index (κ1) is 13.3. The summed E-state index contributed by atoms with van der Waals surface area (Å²) in [5, 5.41) is 3.73. The highest BCUT2D eigenvalue weighted by atomic mass is 15.2. The molecule has 2 heterocycles. The van der Waals surface area contributed by atoms with Gasteiger partial charge < -0.3 is 10.2 Å². The molecule has 3 heteroatoms. The van der Waals surface area contributed by atoms with Gasteiger partial charge in [0.1, 0.15) is 0 Å². The third kappa shape index (κ3) is 4.23. The zero-order valence-corrected chi connectivity index (χ0v) is 11.6. The molecule has 100 valence electrons. The van der Waals surface area contributed by atoms with Gasteiger partial charge in [-0.15, -0.1) is 0 Å². The topological polar surface area (TPSA) is 18.5 Å². The number of likely N-dealkylation sites (tertiary alicyclic amines) is 2. The second-order valence-electron chi connectivity index (χ2n) is 5.93. The van der Waals surface area contributed by atoms with E-state index >= 15 is 0 Å². The van der Waals surface area contributed by atoms with Crippen LogP contribution < -0.4 is 5.32 Å². The Hall–Kier alpha value is -0.120. The molecule has 2 fully saturated rings. The highest BCUT2D eigenvalue weighted by molar-refractivity contribution is 4.82. The molecule has 0 aromatic heterocycles. The molecule has 2 saturated heterocycles. The minimum atomic E-state index is 0.712. The fourth-order valence-corrected chi connectivity index (χ4v) is 3.03. The van der Waals surface area contributed by atoms with Crippen LogP contribution in [0, 0.1) is 0 Å². The number of nitrogens with zero attached hydrogens (tertiary/aromatic N) is 2. The van der Waals surface area contributed by atoms with Crippen LogP contribution in [0.3, 0.4) is 0 Å². The lowest BCUT2D eigenvalue weighted by Crippen LogP contribution is -2.40. The number of hydrogen-bond donors (Lipinski definition) is 1. The number of nitrogens with one attached hydrogen (secondary N) is 1. The maximum Gasteiger partial charge on any atom is 0.0207 e. The van der Waals surface area contributed by atoms with Crippen molar-refractivity contribution in [3.8, 4) is 0 Å². The summed E-state index contributed by atoms with van der Waals surface area (Å²) in [5.74, 6) is 0. The normalized spacial score (nSPS) is 28.1. The Kier molecular flexibility index (Phi) is 5.26. The third-order valence-electron chi connectivity index (χ3n) is 4.26. The highest BCUT2D eigenvalue weighted by Crippen LogP contribution is 2.12. The first-order valence-electron chi connectivity index (χ1n) is 7.45. The molecule has 1 atom stereocenters. The molecule has 0 aromatic carbocycles. The van der Waals surface area contributed by atoms with Crippen molar-refractivity contribution >= 4 is 0 Å². The Morgan fingerprint density at radius 1 is 1.12 bits per heavy atom. The van der Waals surface area contributed by atoms with Gasteiger partial charge in [-0.25, -0.2) is 0 Å². The Morgan fingerprint density at radius 3 is 2.53 bits per heavy atom. The average molecular weight is 239 g/mol. The molecule has 0 amide bonds. The van der Waals surface area contributed by atoms with E-state index in [1.165, 1.54) is 65.0 Å².